The van der Waals surface area contributed by atoms with E-state index in [2.05, 4.69) is 47.2 Å². The highest BCUT2D eigenvalue weighted by molar-refractivity contribution is 6.36. The monoisotopic (exact) mass is 347 g/mol. The van der Waals surface area contributed by atoms with E-state index >= 15 is 0 Å². The number of aromatic amines is 1. The lowest BCUT2D eigenvalue weighted by molar-refractivity contribution is 1.32. The molecule has 2 aromatic heterocycles. The van der Waals surface area contributed by atoms with Gasteiger partial charge in [0.15, 0.2) is 0 Å². The number of fused-ring (bicyclic) bond motifs is 1. The molecule has 4 heteroatoms. The van der Waals surface area contributed by atoms with Crippen LogP contribution in [-0.2, 0) is 0 Å². The number of hydrogen-bond acceptors (Lipinski definition) is 2. The van der Waals surface area contributed by atoms with E-state index < -0.39 is 0 Å². The molecule has 0 bridgehead atoms. The highest BCUT2D eigenvalue weighted by Gasteiger charge is 2.18. The first kappa shape index (κ1) is 15.7. The van der Waals surface area contributed by atoms with Gasteiger partial charge >= 0.3 is 0 Å². The number of nitrogens with one attached hydrogen (secondary N) is 1. The predicted molar refractivity (Wildman–Crippen MR) is 106 cm³/mol. The molecule has 0 unspecified atom stereocenters. The predicted octanol–water partition coefficient (Wildman–Crippen LogP) is 5.75. The normalized spacial score (nSPS) is 11.2. The van der Waals surface area contributed by atoms with E-state index in [1.807, 2.05) is 25.1 Å². The van der Waals surface area contributed by atoms with Crippen molar-refractivity contribution >= 4 is 28.3 Å². The van der Waals surface area contributed by atoms with Crippen LogP contribution in [0.2, 0.25) is 5.02 Å². The van der Waals surface area contributed by atoms with Crippen LogP contribution in [0, 0.1) is 13.8 Å². The fraction of sp³-hybridized carbons (Fsp3) is 0.0952. The molecule has 3 N–H and O–H groups in total. The van der Waals surface area contributed by atoms with Gasteiger partial charge in [-0.2, -0.15) is 0 Å². The number of H-pyrrole nitrogens is 1. The van der Waals surface area contributed by atoms with Crippen molar-refractivity contribution < 1.29 is 0 Å². The van der Waals surface area contributed by atoms with Crippen molar-refractivity contribution in [1.29, 1.82) is 0 Å². The Labute approximate surface area is 151 Å². The van der Waals surface area contributed by atoms with Gasteiger partial charge in [-0.1, -0.05) is 47.5 Å². The molecule has 0 radical (unpaired) electrons. The van der Waals surface area contributed by atoms with Crippen LogP contribution in [0.4, 0.5) is 5.69 Å². The number of aromatic nitrogens is 2. The van der Waals surface area contributed by atoms with Crippen molar-refractivity contribution in [2.75, 3.05) is 5.73 Å². The fourth-order valence-electron chi connectivity index (χ4n) is 3.18. The third kappa shape index (κ3) is 2.67. The van der Waals surface area contributed by atoms with E-state index in [0.717, 1.165) is 44.7 Å². The van der Waals surface area contributed by atoms with Gasteiger partial charge in [0.1, 0.15) is 5.65 Å². The molecule has 3 nitrogen and oxygen atoms in total. The lowest BCUT2D eigenvalue weighted by atomic mass is 9.97. The smallest absolute Gasteiger partial charge is 0.139 e. The maximum atomic E-state index is 6.52. The molecule has 4 aromatic rings. The van der Waals surface area contributed by atoms with Crippen molar-refractivity contribution in [1.82, 2.24) is 9.97 Å². The maximum Gasteiger partial charge on any atom is 0.139 e. The summed E-state index contributed by atoms with van der Waals surface area (Å²) in [5.41, 5.74) is 14.1. The molecule has 2 heterocycles. The van der Waals surface area contributed by atoms with E-state index in [1.165, 1.54) is 5.56 Å². The van der Waals surface area contributed by atoms with Gasteiger partial charge in [-0.25, -0.2) is 4.98 Å². The molecule has 0 spiro atoms. The Morgan fingerprint density at radius 3 is 2.60 bits per heavy atom. The first-order chi connectivity index (χ1) is 12.0. The minimum Gasteiger partial charge on any atom is -0.398 e. The lowest BCUT2D eigenvalue weighted by Crippen LogP contribution is -1.91. The van der Waals surface area contributed by atoms with Gasteiger partial charge in [0.2, 0.25) is 0 Å². The molecule has 0 aliphatic rings. The molecule has 0 saturated carbocycles. The molecule has 0 amide bonds. The zero-order valence-corrected chi connectivity index (χ0v) is 14.9. The van der Waals surface area contributed by atoms with E-state index in [-0.39, 0.29) is 0 Å². The van der Waals surface area contributed by atoms with Crippen LogP contribution in [-0.4, -0.2) is 9.97 Å². The van der Waals surface area contributed by atoms with E-state index in [1.54, 1.807) is 6.20 Å². The summed E-state index contributed by atoms with van der Waals surface area (Å²) in [6.45, 7) is 4.09. The third-order valence-corrected chi connectivity index (χ3v) is 4.83. The second kappa shape index (κ2) is 5.94. The number of halogens is 1. The molecule has 0 fully saturated rings. The van der Waals surface area contributed by atoms with Gasteiger partial charge in [-0.15, -0.1) is 0 Å². The van der Waals surface area contributed by atoms with Gasteiger partial charge in [0, 0.05) is 22.8 Å². The largest absolute Gasteiger partial charge is 0.398 e. The Morgan fingerprint density at radius 2 is 1.84 bits per heavy atom. The summed E-state index contributed by atoms with van der Waals surface area (Å²) in [6, 6.07) is 16.3. The molecule has 2 aromatic carbocycles. The van der Waals surface area contributed by atoms with E-state index in [9.17, 15) is 0 Å². The molecule has 0 aliphatic heterocycles. The first-order valence-corrected chi connectivity index (χ1v) is 8.52. The molecule has 4 rings (SSSR count). The standard InChI is InChI=1S/C21H18ClN3/c1-12-4-3-5-15(10-12)20-18(14-7-6-13(2)17(23)11-14)19-16(22)8-9-24-21(19)25-20/h3-11H,23H2,1-2H3,(H,24,25). The van der Waals surface area contributed by atoms with Gasteiger partial charge in [-0.3, -0.25) is 0 Å². The molecule has 25 heavy (non-hydrogen) atoms. The summed E-state index contributed by atoms with van der Waals surface area (Å²) in [4.78, 5) is 7.91. The quantitative estimate of drug-likeness (QED) is 0.453. The minimum absolute atomic E-state index is 0.675. The van der Waals surface area contributed by atoms with E-state index in [4.69, 9.17) is 17.3 Å². The topological polar surface area (TPSA) is 54.7 Å². The second-order valence-electron chi connectivity index (χ2n) is 6.33. The number of rotatable bonds is 2. The molecule has 124 valence electrons. The summed E-state index contributed by atoms with van der Waals surface area (Å²) in [6.07, 6.45) is 1.72. The maximum absolute atomic E-state index is 6.52. The third-order valence-electron chi connectivity index (χ3n) is 4.52. The molecular formula is C21H18ClN3. The molecule has 0 aliphatic carbocycles. The highest BCUT2D eigenvalue weighted by atomic mass is 35.5. The zero-order chi connectivity index (χ0) is 17.6. The van der Waals surface area contributed by atoms with Crippen molar-refractivity contribution in [3.63, 3.8) is 0 Å². The van der Waals surface area contributed by atoms with Crippen molar-refractivity contribution in [3.05, 3.63) is 70.9 Å². The van der Waals surface area contributed by atoms with Crippen LogP contribution in [0.5, 0.6) is 0 Å². The van der Waals surface area contributed by atoms with Crippen LogP contribution in [0.1, 0.15) is 11.1 Å². The second-order valence-corrected chi connectivity index (χ2v) is 6.74. The number of benzene rings is 2. The average Bonchev–Trinajstić information content (AvgIpc) is 2.98. The SMILES string of the molecule is Cc1cccc(-c2[nH]c3nccc(Cl)c3c2-c2ccc(C)c(N)c2)c1. The molecule has 0 saturated heterocycles. The number of nitrogens with two attached hydrogens (primary N) is 1. The van der Waals surface area contributed by atoms with Gasteiger partial charge in [-0.05, 0) is 48.7 Å². The van der Waals surface area contributed by atoms with Gasteiger partial charge in [0.25, 0.3) is 0 Å². The molecule has 0 atom stereocenters. The Balaban J connectivity index is 2.09. The Kier molecular flexibility index (Phi) is 3.74. The number of anilines is 1. The van der Waals surface area contributed by atoms with Gasteiger partial charge in [0.05, 0.1) is 10.7 Å². The summed E-state index contributed by atoms with van der Waals surface area (Å²) in [5.74, 6) is 0. The Morgan fingerprint density at radius 1 is 1.00 bits per heavy atom. The minimum atomic E-state index is 0.675. The first-order valence-electron chi connectivity index (χ1n) is 8.14. The number of aryl methyl sites for hydroxylation is 2. The Bertz CT molecular complexity index is 1100. The van der Waals surface area contributed by atoms with Gasteiger partial charge < -0.3 is 10.7 Å². The highest BCUT2D eigenvalue weighted by Crippen LogP contribution is 2.41. The van der Waals surface area contributed by atoms with Crippen molar-refractivity contribution in [2.24, 2.45) is 0 Å². The van der Waals surface area contributed by atoms with Crippen LogP contribution >= 0.6 is 11.6 Å². The lowest BCUT2D eigenvalue weighted by Gasteiger charge is -2.09. The summed E-state index contributed by atoms with van der Waals surface area (Å²) >= 11 is 6.52. The Hall–Kier alpha value is -2.78. The number of hydrogen-bond donors (Lipinski definition) is 2. The van der Waals surface area contributed by atoms with Crippen LogP contribution in [0.25, 0.3) is 33.4 Å². The molecular weight excluding hydrogens is 330 g/mol. The van der Waals surface area contributed by atoms with Crippen LogP contribution in [0.3, 0.4) is 0 Å². The van der Waals surface area contributed by atoms with E-state index in [0.29, 0.717) is 5.02 Å². The summed E-state index contributed by atoms with van der Waals surface area (Å²) in [7, 11) is 0. The number of nitrogens with zero attached hydrogens (tertiary/aromatic N) is 1. The van der Waals surface area contributed by atoms with Crippen LogP contribution in [0.15, 0.2) is 54.7 Å². The van der Waals surface area contributed by atoms with Crippen LogP contribution < -0.4 is 5.73 Å². The summed E-state index contributed by atoms with van der Waals surface area (Å²) in [5, 5.41) is 1.60. The summed E-state index contributed by atoms with van der Waals surface area (Å²) < 4.78 is 0. The van der Waals surface area contributed by atoms with Crippen molar-refractivity contribution in [2.45, 2.75) is 13.8 Å². The fourth-order valence-corrected chi connectivity index (χ4v) is 3.42. The number of pyridine rings is 1. The van der Waals surface area contributed by atoms with Crippen molar-refractivity contribution in [3.8, 4) is 22.4 Å². The number of nitrogen functional groups attached to an aromatic ring is 1. The zero-order valence-electron chi connectivity index (χ0n) is 14.1. The average molecular weight is 348 g/mol.